The van der Waals surface area contributed by atoms with Gasteiger partial charge in [-0.25, -0.2) is 9.97 Å². The molecule has 0 aliphatic rings. The van der Waals surface area contributed by atoms with Gasteiger partial charge in [-0.3, -0.25) is 0 Å². The topological polar surface area (TPSA) is 49.8 Å². The van der Waals surface area contributed by atoms with Gasteiger partial charge in [-0.15, -0.1) is 0 Å². The molecule has 0 saturated carbocycles. The molecule has 2 heterocycles. The Kier molecular flexibility index (Phi) is 7.06. The fraction of sp³-hybridized carbons (Fsp3) is 0.0556. The van der Waals surface area contributed by atoms with Crippen molar-refractivity contribution in [2.24, 2.45) is 0 Å². The van der Waals surface area contributed by atoms with E-state index < -0.39 is 0 Å². The van der Waals surface area contributed by atoms with Crippen molar-refractivity contribution in [3.05, 3.63) is 133 Å². The molecule has 0 aliphatic heterocycles. The molecule has 0 unspecified atom stereocenters. The number of anilines is 2. The molecule has 0 amide bonds. The van der Waals surface area contributed by atoms with Gasteiger partial charge in [-0.05, 0) is 58.7 Å². The Hall–Kier alpha value is -5.22. The minimum absolute atomic E-state index is 0.822. The lowest BCUT2D eigenvalue weighted by Gasteiger charge is -2.15. The van der Waals surface area contributed by atoms with E-state index in [-0.39, 0.29) is 0 Å². The summed E-state index contributed by atoms with van der Waals surface area (Å²) >= 11 is 0. The van der Waals surface area contributed by atoms with Crippen LogP contribution in [0.25, 0.3) is 56.2 Å². The maximum absolute atomic E-state index is 5.20. The number of hydrogen-bond acceptors (Lipinski definition) is 4. The van der Waals surface area contributed by atoms with Crippen LogP contribution in [0.3, 0.4) is 0 Å². The monoisotopic (exact) mass is 518 g/mol. The summed E-state index contributed by atoms with van der Waals surface area (Å²) in [6, 6.07) is 46.0. The number of aromatic nitrogens is 2. The SMILES string of the molecule is CNc1ccccc1-c1cc(-c2ccccc2)cc(-c2cc(-c3ccccc3)cc(-c3ccccc3NC)n2)n1. The van der Waals surface area contributed by atoms with Gasteiger partial charge >= 0.3 is 0 Å². The highest BCUT2D eigenvalue weighted by Crippen LogP contribution is 2.36. The van der Waals surface area contributed by atoms with Crippen LogP contribution in [0.2, 0.25) is 0 Å². The third-order valence-electron chi connectivity index (χ3n) is 7.07. The summed E-state index contributed by atoms with van der Waals surface area (Å²) in [4.78, 5) is 10.4. The van der Waals surface area contributed by atoms with Crippen LogP contribution >= 0.6 is 0 Å². The van der Waals surface area contributed by atoms with Crippen LogP contribution in [0.15, 0.2) is 133 Å². The average Bonchev–Trinajstić information content (AvgIpc) is 3.05. The second-order valence-electron chi connectivity index (χ2n) is 9.58. The van der Waals surface area contributed by atoms with Crippen molar-refractivity contribution in [3.63, 3.8) is 0 Å². The number of benzene rings is 4. The minimum Gasteiger partial charge on any atom is -0.388 e. The van der Waals surface area contributed by atoms with Crippen LogP contribution in [-0.4, -0.2) is 24.1 Å². The molecule has 6 rings (SSSR count). The van der Waals surface area contributed by atoms with E-state index in [0.29, 0.717) is 0 Å². The molecule has 4 heteroatoms. The molecular weight excluding hydrogens is 488 g/mol. The maximum Gasteiger partial charge on any atom is 0.0900 e. The normalized spacial score (nSPS) is 10.8. The van der Waals surface area contributed by atoms with Crippen molar-refractivity contribution in [1.82, 2.24) is 9.97 Å². The first-order valence-corrected chi connectivity index (χ1v) is 13.4. The smallest absolute Gasteiger partial charge is 0.0900 e. The Balaban J connectivity index is 1.61. The lowest BCUT2D eigenvalue weighted by Crippen LogP contribution is -1.98. The first kappa shape index (κ1) is 25.1. The molecule has 0 spiro atoms. The molecule has 0 fully saturated rings. The Morgan fingerprint density at radius 1 is 0.375 bits per heavy atom. The molecule has 6 aromatic rings. The highest BCUT2D eigenvalue weighted by atomic mass is 14.9. The number of para-hydroxylation sites is 2. The highest BCUT2D eigenvalue weighted by Gasteiger charge is 2.15. The second-order valence-corrected chi connectivity index (χ2v) is 9.58. The van der Waals surface area contributed by atoms with Crippen molar-refractivity contribution in [1.29, 1.82) is 0 Å². The Labute approximate surface area is 235 Å². The number of nitrogens with one attached hydrogen (secondary N) is 2. The van der Waals surface area contributed by atoms with E-state index in [2.05, 4.69) is 108 Å². The molecule has 4 aromatic carbocycles. The Morgan fingerprint density at radius 2 is 0.725 bits per heavy atom. The number of pyridine rings is 2. The van der Waals surface area contributed by atoms with E-state index >= 15 is 0 Å². The molecule has 40 heavy (non-hydrogen) atoms. The number of nitrogens with zero attached hydrogens (tertiary/aromatic N) is 2. The predicted octanol–water partition coefficient (Wildman–Crippen LogP) is 8.90. The third kappa shape index (κ3) is 5.07. The van der Waals surface area contributed by atoms with Gasteiger partial charge in [0, 0.05) is 36.6 Å². The zero-order valence-electron chi connectivity index (χ0n) is 22.6. The van der Waals surface area contributed by atoms with Gasteiger partial charge in [0.15, 0.2) is 0 Å². The minimum atomic E-state index is 0.822. The van der Waals surface area contributed by atoms with E-state index in [1.165, 1.54) is 0 Å². The predicted molar refractivity (Wildman–Crippen MR) is 168 cm³/mol. The molecule has 194 valence electrons. The maximum atomic E-state index is 5.20. The van der Waals surface area contributed by atoms with Crippen LogP contribution < -0.4 is 10.6 Å². The van der Waals surface area contributed by atoms with Gasteiger partial charge in [-0.1, -0.05) is 97.1 Å². The zero-order chi connectivity index (χ0) is 27.3. The zero-order valence-corrected chi connectivity index (χ0v) is 22.6. The summed E-state index contributed by atoms with van der Waals surface area (Å²) < 4.78 is 0. The van der Waals surface area contributed by atoms with E-state index in [9.17, 15) is 0 Å². The van der Waals surface area contributed by atoms with Crippen LogP contribution in [0.5, 0.6) is 0 Å². The molecule has 0 saturated heterocycles. The summed E-state index contributed by atoms with van der Waals surface area (Å²) in [6.07, 6.45) is 0. The summed E-state index contributed by atoms with van der Waals surface area (Å²) in [7, 11) is 3.88. The first-order chi connectivity index (χ1) is 19.7. The van der Waals surface area contributed by atoms with Gasteiger partial charge in [0.05, 0.1) is 22.8 Å². The molecular formula is C36H30N4. The van der Waals surface area contributed by atoms with Crippen LogP contribution in [0, 0.1) is 0 Å². The molecule has 0 atom stereocenters. The van der Waals surface area contributed by atoms with Gasteiger partial charge in [0.25, 0.3) is 0 Å². The summed E-state index contributed by atoms with van der Waals surface area (Å²) in [5.74, 6) is 0. The van der Waals surface area contributed by atoms with Gasteiger partial charge in [-0.2, -0.15) is 0 Å². The number of rotatable bonds is 7. The van der Waals surface area contributed by atoms with Gasteiger partial charge < -0.3 is 10.6 Å². The Morgan fingerprint density at radius 3 is 1.12 bits per heavy atom. The van der Waals surface area contributed by atoms with E-state index in [0.717, 1.165) is 67.5 Å². The number of hydrogen-bond donors (Lipinski definition) is 2. The fourth-order valence-electron chi connectivity index (χ4n) is 5.04. The van der Waals surface area contributed by atoms with Gasteiger partial charge in [0.1, 0.15) is 0 Å². The summed E-state index contributed by atoms with van der Waals surface area (Å²) in [6.45, 7) is 0. The molecule has 4 nitrogen and oxygen atoms in total. The van der Waals surface area contributed by atoms with Crippen molar-refractivity contribution in [2.75, 3.05) is 24.7 Å². The lowest BCUT2D eigenvalue weighted by atomic mass is 9.98. The van der Waals surface area contributed by atoms with Crippen LogP contribution in [-0.2, 0) is 0 Å². The average molecular weight is 519 g/mol. The molecule has 2 N–H and O–H groups in total. The molecule has 2 aromatic heterocycles. The van der Waals surface area contributed by atoms with Crippen molar-refractivity contribution < 1.29 is 0 Å². The molecule has 0 bridgehead atoms. The molecule has 0 aliphatic carbocycles. The molecule has 0 radical (unpaired) electrons. The van der Waals surface area contributed by atoms with Crippen LogP contribution in [0.4, 0.5) is 11.4 Å². The van der Waals surface area contributed by atoms with Crippen molar-refractivity contribution in [3.8, 4) is 56.2 Å². The largest absolute Gasteiger partial charge is 0.388 e. The van der Waals surface area contributed by atoms with E-state index in [4.69, 9.17) is 9.97 Å². The quantitative estimate of drug-likeness (QED) is 0.222. The second kappa shape index (κ2) is 11.3. The standard InChI is InChI=1S/C36H30N4/c1-37-31-19-11-9-17-29(31)33-21-27(25-13-5-3-6-14-25)23-35(39-33)36-24-28(26-15-7-4-8-16-26)22-34(40-36)30-18-10-12-20-32(30)38-2/h3-24,37-38H,1-2H3. The highest BCUT2D eigenvalue weighted by molar-refractivity contribution is 5.84. The van der Waals surface area contributed by atoms with E-state index in [1.807, 2.05) is 50.5 Å². The Bertz CT molecular complexity index is 1630. The van der Waals surface area contributed by atoms with Gasteiger partial charge in [0.2, 0.25) is 0 Å². The van der Waals surface area contributed by atoms with Crippen molar-refractivity contribution >= 4 is 11.4 Å². The third-order valence-corrected chi connectivity index (χ3v) is 7.07. The van der Waals surface area contributed by atoms with Crippen LogP contribution in [0.1, 0.15) is 0 Å². The lowest BCUT2D eigenvalue weighted by molar-refractivity contribution is 1.25. The first-order valence-electron chi connectivity index (χ1n) is 13.4. The van der Waals surface area contributed by atoms with Crippen molar-refractivity contribution in [2.45, 2.75) is 0 Å². The van der Waals surface area contributed by atoms with E-state index in [1.54, 1.807) is 0 Å². The summed E-state index contributed by atoms with van der Waals surface area (Å²) in [5.41, 5.74) is 12.0. The fourth-order valence-corrected chi connectivity index (χ4v) is 5.04. The summed E-state index contributed by atoms with van der Waals surface area (Å²) in [5, 5.41) is 6.65.